The molecule has 1 fully saturated rings. The Labute approximate surface area is 157 Å². The van der Waals surface area contributed by atoms with E-state index in [0.29, 0.717) is 12.0 Å². The van der Waals surface area contributed by atoms with Crippen molar-refractivity contribution >= 4 is 15.8 Å². The van der Waals surface area contributed by atoms with Crippen molar-refractivity contribution < 1.29 is 8.42 Å². The van der Waals surface area contributed by atoms with E-state index in [1.54, 1.807) is 20.8 Å². The van der Waals surface area contributed by atoms with E-state index in [2.05, 4.69) is 31.7 Å². The Hall–Kier alpha value is -1.57. The number of imidazole rings is 1. The van der Waals surface area contributed by atoms with Gasteiger partial charge in [0.2, 0.25) is 0 Å². The molecule has 1 aliphatic rings. The number of likely N-dealkylation sites (tertiary alicyclic amines) is 1. The zero-order chi connectivity index (χ0) is 19.4. The molecule has 0 radical (unpaired) electrons. The lowest BCUT2D eigenvalue weighted by Gasteiger charge is -2.39. The van der Waals surface area contributed by atoms with Crippen LogP contribution in [0, 0.1) is 5.92 Å². The highest BCUT2D eigenvalue weighted by Gasteiger charge is 2.30. The first-order valence-electron chi connectivity index (χ1n) is 9.38. The molecule has 8 heteroatoms. The summed E-state index contributed by atoms with van der Waals surface area (Å²) < 4.78 is 26.0. The van der Waals surface area contributed by atoms with Gasteiger partial charge in [0.25, 0.3) is 0 Å². The molecular formula is C18H33N5O2S. The third-order valence-electron chi connectivity index (χ3n) is 5.02. The molecule has 2 atom stereocenters. The lowest BCUT2D eigenvalue weighted by atomic mass is 9.93. The van der Waals surface area contributed by atoms with Crippen LogP contribution in [-0.2, 0) is 9.84 Å². The van der Waals surface area contributed by atoms with Gasteiger partial charge in [-0.25, -0.2) is 13.4 Å². The molecule has 0 aliphatic carbocycles. The van der Waals surface area contributed by atoms with Crippen molar-refractivity contribution in [3.8, 4) is 0 Å². The summed E-state index contributed by atoms with van der Waals surface area (Å²) in [6.45, 7) is 12.3. The first kappa shape index (κ1) is 20.7. The fourth-order valence-electron chi connectivity index (χ4n) is 3.10. The smallest absolute Gasteiger partial charge is 0.194 e. The number of aromatic nitrogens is 2. The van der Waals surface area contributed by atoms with Gasteiger partial charge < -0.3 is 14.8 Å². The van der Waals surface area contributed by atoms with Crippen LogP contribution in [0.2, 0.25) is 0 Å². The Morgan fingerprint density at radius 1 is 1.38 bits per heavy atom. The van der Waals surface area contributed by atoms with E-state index >= 15 is 0 Å². The summed E-state index contributed by atoms with van der Waals surface area (Å²) in [6, 6.07) is 0.341. The van der Waals surface area contributed by atoms with Gasteiger partial charge in [-0.1, -0.05) is 6.92 Å². The van der Waals surface area contributed by atoms with Gasteiger partial charge in [-0.05, 0) is 40.0 Å². The van der Waals surface area contributed by atoms with Gasteiger partial charge in [0.1, 0.15) is 0 Å². The van der Waals surface area contributed by atoms with Gasteiger partial charge in [0.05, 0.1) is 29.4 Å². The summed E-state index contributed by atoms with van der Waals surface area (Å²) in [5, 5.41) is 3.31. The predicted octanol–water partition coefficient (Wildman–Crippen LogP) is 1.94. The second-order valence-electron chi connectivity index (χ2n) is 7.96. The SMILES string of the molecule is CCNC(=NCCS(=O)(=O)C(C)(C)C)N1CCC(C)C(n2ccnc2)C1. The van der Waals surface area contributed by atoms with Crippen LogP contribution in [0.3, 0.4) is 0 Å². The Bertz CT molecular complexity index is 692. The number of sulfone groups is 1. The zero-order valence-electron chi connectivity index (χ0n) is 16.6. The fourth-order valence-corrected chi connectivity index (χ4v) is 4.04. The van der Waals surface area contributed by atoms with Crippen LogP contribution in [0.4, 0.5) is 0 Å². The van der Waals surface area contributed by atoms with E-state index in [4.69, 9.17) is 0 Å². The molecule has 26 heavy (non-hydrogen) atoms. The molecule has 1 N–H and O–H groups in total. The molecule has 0 bridgehead atoms. The highest BCUT2D eigenvalue weighted by Crippen LogP contribution is 2.27. The minimum atomic E-state index is -3.16. The largest absolute Gasteiger partial charge is 0.357 e. The van der Waals surface area contributed by atoms with Crippen LogP contribution in [0.5, 0.6) is 0 Å². The van der Waals surface area contributed by atoms with E-state index in [-0.39, 0.29) is 12.3 Å². The lowest BCUT2D eigenvalue weighted by Crippen LogP contribution is -2.49. The third kappa shape index (κ3) is 4.99. The van der Waals surface area contributed by atoms with Crippen molar-refractivity contribution in [1.82, 2.24) is 19.8 Å². The first-order chi connectivity index (χ1) is 12.2. The number of guanidine groups is 1. The molecule has 7 nitrogen and oxygen atoms in total. The molecular weight excluding hydrogens is 350 g/mol. The number of hydrogen-bond acceptors (Lipinski definition) is 4. The topological polar surface area (TPSA) is 79.6 Å². The number of hydrogen-bond donors (Lipinski definition) is 1. The summed E-state index contributed by atoms with van der Waals surface area (Å²) >= 11 is 0. The lowest BCUT2D eigenvalue weighted by molar-refractivity contribution is 0.189. The molecule has 2 unspecified atom stereocenters. The number of aliphatic imine (C=N–C) groups is 1. The molecule has 1 aromatic rings. The molecule has 1 saturated heterocycles. The molecule has 0 amide bonds. The van der Waals surface area contributed by atoms with Crippen molar-refractivity contribution in [1.29, 1.82) is 0 Å². The molecule has 1 aliphatic heterocycles. The minimum absolute atomic E-state index is 0.0700. The Kier molecular flexibility index (Phi) is 6.71. The summed E-state index contributed by atoms with van der Waals surface area (Å²) in [7, 11) is -3.16. The van der Waals surface area contributed by atoms with Crippen LogP contribution in [0.1, 0.15) is 47.1 Å². The molecule has 2 rings (SSSR count). The van der Waals surface area contributed by atoms with Crippen LogP contribution in [0.25, 0.3) is 0 Å². The predicted molar refractivity (Wildman–Crippen MR) is 106 cm³/mol. The Morgan fingerprint density at radius 3 is 2.69 bits per heavy atom. The number of piperidine rings is 1. The average Bonchev–Trinajstić information content (AvgIpc) is 3.07. The highest BCUT2D eigenvalue weighted by molar-refractivity contribution is 7.92. The maximum atomic E-state index is 12.3. The van der Waals surface area contributed by atoms with Gasteiger partial charge in [-0.3, -0.25) is 4.99 Å². The van der Waals surface area contributed by atoms with Crippen molar-refractivity contribution in [3.05, 3.63) is 18.7 Å². The number of rotatable bonds is 5. The highest BCUT2D eigenvalue weighted by atomic mass is 32.2. The van der Waals surface area contributed by atoms with E-state index in [9.17, 15) is 8.42 Å². The van der Waals surface area contributed by atoms with E-state index in [0.717, 1.165) is 32.0 Å². The second-order valence-corrected chi connectivity index (χ2v) is 10.8. The van der Waals surface area contributed by atoms with Crippen LogP contribution in [-0.4, -0.2) is 65.5 Å². The monoisotopic (exact) mass is 383 g/mol. The maximum absolute atomic E-state index is 12.3. The fraction of sp³-hybridized carbons (Fsp3) is 0.778. The summed E-state index contributed by atoms with van der Waals surface area (Å²) in [4.78, 5) is 11.0. The van der Waals surface area contributed by atoms with Gasteiger partial charge in [0.15, 0.2) is 15.8 Å². The molecule has 148 valence electrons. The van der Waals surface area contributed by atoms with Gasteiger partial charge in [0, 0.05) is 32.0 Å². The Morgan fingerprint density at radius 2 is 2.12 bits per heavy atom. The van der Waals surface area contributed by atoms with Crippen LogP contribution < -0.4 is 5.32 Å². The Balaban J connectivity index is 2.08. The van der Waals surface area contributed by atoms with Gasteiger partial charge in [-0.15, -0.1) is 0 Å². The van der Waals surface area contributed by atoms with Crippen LogP contribution >= 0.6 is 0 Å². The van der Waals surface area contributed by atoms with E-state index < -0.39 is 14.6 Å². The quantitative estimate of drug-likeness (QED) is 0.621. The average molecular weight is 384 g/mol. The van der Waals surface area contributed by atoms with Gasteiger partial charge in [-0.2, -0.15) is 0 Å². The molecule has 0 spiro atoms. The van der Waals surface area contributed by atoms with Crippen molar-refractivity contribution in [2.75, 3.05) is 31.9 Å². The van der Waals surface area contributed by atoms with Crippen molar-refractivity contribution in [2.24, 2.45) is 10.9 Å². The van der Waals surface area contributed by atoms with E-state index in [1.165, 1.54) is 0 Å². The molecule has 0 saturated carbocycles. The minimum Gasteiger partial charge on any atom is -0.357 e. The second kappa shape index (κ2) is 8.41. The summed E-state index contributed by atoms with van der Waals surface area (Å²) in [5.74, 6) is 1.43. The maximum Gasteiger partial charge on any atom is 0.194 e. The zero-order valence-corrected chi connectivity index (χ0v) is 17.5. The summed E-state index contributed by atoms with van der Waals surface area (Å²) in [5.41, 5.74) is 0. The van der Waals surface area contributed by atoms with Gasteiger partial charge >= 0.3 is 0 Å². The number of nitrogens with one attached hydrogen (secondary N) is 1. The first-order valence-corrected chi connectivity index (χ1v) is 11.0. The van der Waals surface area contributed by atoms with Crippen LogP contribution in [0.15, 0.2) is 23.7 Å². The van der Waals surface area contributed by atoms with E-state index in [1.807, 2.05) is 25.6 Å². The molecule has 2 heterocycles. The number of nitrogens with zero attached hydrogens (tertiary/aromatic N) is 4. The molecule has 0 aromatic carbocycles. The normalized spacial score (nSPS) is 22.5. The standard InChI is InChI=1S/C18H33N5O2S/c1-6-20-17(21-9-12-26(24,25)18(3,4)5)22-10-7-15(2)16(13-22)23-11-8-19-14-23/h8,11,14-16H,6-7,9-10,12-13H2,1-5H3,(H,20,21). The van der Waals surface area contributed by atoms with Crippen molar-refractivity contribution in [2.45, 2.75) is 51.8 Å². The summed E-state index contributed by atoms with van der Waals surface area (Å²) in [6.07, 6.45) is 6.74. The van der Waals surface area contributed by atoms with Crippen molar-refractivity contribution in [3.63, 3.8) is 0 Å². The molecule has 1 aromatic heterocycles. The third-order valence-corrected chi connectivity index (χ3v) is 7.60.